The number of aryl methyl sites for hydroxylation is 2. The number of amides is 1. The van der Waals surface area contributed by atoms with E-state index < -0.39 is 0 Å². The largest absolute Gasteiger partial charge is 0.342 e. The second-order valence-corrected chi connectivity index (χ2v) is 7.83. The van der Waals surface area contributed by atoms with Gasteiger partial charge in [-0.15, -0.1) is 21.5 Å². The molecule has 0 saturated carbocycles. The van der Waals surface area contributed by atoms with Crippen LogP contribution in [0.5, 0.6) is 0 Å². The van der Waals surface area contributed by atoms with Gasteiger partial charge in [-0.3, -0.25) is 4.79 Å². The normalized spacial score (nSPS) is 15.0. The van der Waals surface area contributed by atoms with Gasteiger partial charge in [-0.25, -0.2) is 4.98 Å². The van der Waals surface area contributed by atoms with Gasteiger partial charge < -0.3 is 4.90 Å². The first-order valence-corrected chi connectivity index (χ1v) is 9.62. The summed E-state index contributed by atoms with van der Waals surface area (Å²) in [6.45, 7) is 5.77. The van der Waals surface area contributed by atoms with Gasteiger partial charge in [-0.1, -0.05) is 11.8 Å². The molecule has 122 valence electrons. The van der Waals surface area contributed by atoms with Crippen molar-refractivity contribution in [2.75, 3.05) is 18.8 Å². The van der Waals surface area contributed by atoms with Crippen LogP contribution in [0.15, 0.2) is 17.2 Å². The Kier molecular flexibility index (Phi) is 5.27. The first kappa shape index (κ1) is 16.4. The smallest absolute Gasteiger partial charge is 0.232 e. The van der Waals surface area contributed by atoms with Crippen molar-refractivity contribution in [3.8, 4) is 10.6 Å². The molecule has 7 heteroatoms. The molecule has 0 atom stereocenters. The van der Waals surface area contributed by atoms with Gasteiger partial charge in [0.05, 0.1) is 21.3 Å². The van der Waals surface area contributed by atoms with Crippen molar-refractivity contribution in [3.05, 3.63) is 22.8 Å². The van der Waals surface area contributed by atoms with Crippen molar-refractivity contribution in [2.24, 2.45) is 0 Å². The van der Waals surface area contributed by atoms with Gasteiger partial charge in [-0.05, 0) is 45.2 Å². The number of hydrogen-bond donors (Lipinski definition) is 0. The van der Waals surface area contributed by atoms with Crippen molar-refractivity contribution >= 4 is 29.0 Å². The fourth-order valence-corrected chi connectivity index (χ4v) is 4.26. The van der Waals surface area contributed by atoms with Crippen LogP contribution in [0.1, 0.15) is 30.0 Å². The Labute approximate surface area is 144 Å². The lowest BCUT2D eigenvalue weighted by molar-refractivity contribution is -0.129. The van der Waals surface area contributed by atoms with Gasteiger partial charge in [0, 0.05) is 13.1 Å². The Hall–Kier alpha value is -1.47. The van der Waals surface area contributed by atoms with Crippen molar-refractivity contribution in [3.63, 3.8) is 0 Å². The van der Waals surface area contributed by atoms with E-state index >= 15 is 0 Å². The maximum atomic E-state index is 12.2. The molecule has 0 spiro atoms. The number of rotatable bonds is 4. The number of thioether (sulfide) groups is 1. The summed E-state index contributed by atoms with van der Waals surface area (Å²) in [4.78, 5) is 19.6. The summed E-state index contributed by atoms with van der Waals surface area (Å²) in [7, 11) is 0. The van der Waals surface area contributed by atoms with Gasteiger partial charge in [0.25, 0.3) is 0 Å². The molecule has 2 aromatic rings. The van der Waals surface area contributed by atoms with Crippen LogP contribution >= 0.6 is 23.1 Å². The van der Waals surface area contributed by atoms with Gasteiger partial charge in [0.2, 0.25) is 5.91 Å². The number of aromatic nitrogens is 3. The minimum atomic E-state index is 0.203. The topological polar surface area (TPSA) is 59.0 Å². The first-order chi connectivity index (χ1) is 11.1. The second kappa shape index (κ2) is 7.40. The van der Waals surface area contributed by atoms with Crippen LogP contribution in [0.3, 0.4) is 0 Å². The third-order valence-electron chi connectivity index (χ3n) is 3.83. The van der Waals surface area contributed by atoms with Crippen LogP contribution in [0, 0.1) is 13.8 Å². The molecule has 1 aliphatic heterocycles. The van der Waals surface area contributed by atoms with E-state index in [0.717, 1.165) is 52.2 Å². The molecule has 0 radical (unpaired) electrons. The number of hydrogen-bond acceptors (Lipinski definition) is 6. The Balaban J connectivity index is 1.59. The number of carbonyl (C=O) groups excluding carboxylic acids is 1. The molecule has 3 heterocycles. The molecule has 0 bridgehead atoms. The third-order valence-corrected chi connectivity index (χ3v) is 5.83. The lowest BCUT2D eigenvalue weighted by atomic mass is 10.1. The maximum absolute atomic E-state index is 12.2. The van der Waals surface area contributed by atoms with Crippen LogP contribution in [-0.4, -0.2) is 44.8 Å². The molecule has 0 aromatic carbocycles. The summed E-state index contributed by atoms with van der Waals surface area (Å²) >= 11 is 3.09. The number of nitrogens with zero attached hydrogens (tertiary/aromatic N) is 4. The average molecular weight is 348 g/mol. The molecular formula is C16H20N4OS2. The minimum Gasteiger partial charge on any atom is -0.342 e. The number of carbonyl (C=O) groups is 1. The third kappa shape index (κ3) is 4.09. The molecule has 1 fully saturated rings. The first-order valence-electron chi connectivity index (χ1n) is 7.82. The van der Waals surface area contributed by atoms with E-state index in [-0.39, 0.29) is 5.91 Å². The summed E-state index contributed by atoms with van der Waals surface area (Å²) < 4.78 is 0. The minimum absolute atomic E-state index is 0.203. The summed E-state index contributed by atoms with van der Waals surface area (Å²) in [5.74, 6) is 0.640. The fraction of sp³-hybridized carbons (Fsp3) is 0.500. The average Bonchev–Trinajstić information content (AvgIpc) is 2.92. The predicted molar refractivity (Wildman–Crippen MR) is 93.8 cm³/mol. The number of thiazole rings is 1. The van der Waals surface area contributed by atoms with Crippen LogP contribution in [0.25, 0.3) is 10.6 Å². The molecule has 0 aliphatic carbocycles. The van der Waals surface area contributed by atoms with E-state index in [0.29, 0.717) is 5.75 Å². The quantitative estimate of drug-likeness (QED) is 0.793. The Morgan fingerprint density at radius 1 is 1.22 bits per heavy atom. The molecule has 0 N–H and O–H groups in total. The van der Waals surface area contributed by atoms with Crippen LogP contribution in [-0.2, 0) is 4.79 Å². The molecule has 1 amide bonds. The monoisotopic (exact) mass is 348 g/mol. The highest BCUT2D eigenvalue weighted by Crippen LogP contribution is 2.28. The van der Waals surface area contributed by atoms with E-state index in [2.05, 4.69) is 15.2 Å². The Morgan fingerprint density at radius 3 is 2.61 bits per heavy atom. The Morgan fingerprint density at radius 2 is 2.00 bits per heavy atom. The molecule has 23 heavy (non-hydrogen) atoms. The molecule has 5 nitrogen and oxygen atoms in total. The van der Waals surface area contributed by atoms with Gasteiger partial charge in [0.15, 0.2) is 0 Å². The Bertz CT molecular complexity index is 678. The van der Waals surface area contributed by atoms with Crippen LogP contribution in [0.2, 0.25) is 0 Å². The van der Waals surface area contributed by atoms with Crippen LogP contribution in [0.4, 0.5) is 0 Å². The highest BCUT2D eigenvalue weighted by molar-refractivity contribution is 7.99. The zero-order valence-electron chi connectivity index (χ0n) is 13.4. The zero-order valence-corrected chi connectivity index (χ0v) is 15.0. The summed E-state index contributed by atoms with van der Waals surface area (Å²) in [6.07, 6.45) is 3.48. The summed E-state index contributed by atoms with van der Waals surface area (Å²) in [6, 6.07) is 3.89. The van der Waals surface area contributed by atoms with Crippen molar-refractivity contribution in [1.82, 2.24) is 20.1 Å². The molecule has 3 rings (SSSR count). The second-order valence-electron chi connectivity index (χ2n) is 5.63. The molecule has 1 saturated heterocycles. The van der Waals surface area contributed by atoms with E-state index in [4.69, 9.17) is 0 Å². The van der Waals surface area contributed by atoms with Gasteiger partial charge in [0.1, 0.15) is 10.7 Å². The van der Waals surface area contributed by atoms with E-state index in [1.54, 1.807) is 11.3 Å². The van der Waals surface area contributed by atoms with E-state index in [1.165, 1.54) is 18.2 Å². The van der Waals surface area contributed by atoms with E-state index in [9.17, 15) is 4.79 Å². The van der Waals surface area contributed by atoms with Gasteiger partial charge >= 0.3 is 0 Å². The fourth-order valence-electron chi connectivity index (χ4n) is 2.66. The maximum Gasteiger partial charge on any atom is 0.232 e. The molecule has 1 aliphatic rings. The SMILES string of the molecule is Cc1nc(C)c(-c2ccc(SCC(=O)N3CCCCC3)nn2)s1. The number of piperidine rings is 1. The predicted octanol–water partition coefficient (Wildman–Crippen LogP) is 3.32. The molecular weight excluding hydrogens is 328 g/mol. The van der Waals surface area contributed by atoms with Crippen molar-refractivity contribution in [1.29, 1.82) is 0 Å². The van der Waals surface area contributed by atoms with Gasteiger partial charge in [-0.2, -0.15) is 0 Å². The highest BCUT2D eigenvalue weighted by atomic mass is 32.2. The molecule has 0 unspecified atom stereocenters. The summed E-state index contributed by atoms with van der Waals surface area (Å²) in [5, 5.41) is 10.4. The van der Waals surface area contributed by atoms with Crippen molar-refractivity contribution in [2.45, 2.75) is 38.1 Å². The summed E-state index contributed by atoms with van der Waals surface area (Å²) in [5.41, 5.74) is 1.84. The lowest BCUT2D eigenvalue weighted by Gasteiger charge is -2.26. The van der Waals surface area contributed by atoms with Crippen molar-refractivity contribution < 1.29 is 4.79 Å². The number of likely N-dealkylation sites (tertiary alicyclic amines) is 1. The molecule has 2 aromatic heterocycles. The zero-order chi connectivity index (χ0) is 16.2. The van der Waals surface area contributed by atoms with E-state index in [1.807, 2.05) is 30.9 Å². The standard InChI is InChI=1S/C16H20N4OS2/c1-11-16(23-12(2)17-11)13-6-7-14(19-18-13)22-10-15(21)20-8-4-3-5-9-20/h6-7H,3-5,8-10H2,1-2H3. The highest BCUT2D eigenvalue weighted by Gasteiger charge is 2.17. The lowest BCUT2D eigenvalue weighted by Crippen LogP contribution is -2.36. The van der Waals surface area contributed by atoms with Crippen LogP contribution < -0.4 is 0 Å².